The van der Waals surface area contributed by atoms with Crippen LogP contribution in [-0.2, 0) is 28.6 Å². The minimum absolute atomic E-state index is 0.0618. The fourth-order valence-corrected chi connectivity index (χ4v) is 8.92. The number of carbonyl (C=O) groups is 3. The summed E-state index contributed by atoms with van der Waals surface area (Å²) in [7, 11) is 0. The lowest BCUT2D eigenvalue weighted by Gasteiger charge is -2.18. The first-order valence-electron chi connectivity index (χ1n) is 28.9. The third kappa shape index (κ3) is 51.4. The van der Waals surface area contributed by atoms with Crippen LogP contribution in [-0.4, -0.2) is 37.2 Å². The van der Waals surface area contributed by atoms with E-state index in [1.54, 1.807) is 0 Å². The van der Waals surface area contributed by atoms with Crippen molar-refractivity contribution in [3.63, 3.8) is 0 Å². The number of ether oxygens (including phenoxy) is 3. The molecule has 0 spiro atoms. The van der Waals surface area contributed by atoms with E-state index in [-0.39, 0.29) is 31.1 Å². The zero-order valence-electron chi connectivity index (χ0n) is 43.8. The fourth-order valence-electron chi connectivity index (χ4n) is 8.92. The van der Waals surface area contributed by atoms with E-state index in [0.29, 0.717) is 19.3 Å². The van der Waals surface area contributed by atoms with Gasteiger partial charge < -0.3 is 14.2 Å². The van der Waals surface area contributed by atoms with Gasteiger partial charge in [0.15, 0.2) is 6.10 Å². The van der Waals surface area contributed by atoms with Gasteiger partial charge in [-0.3, -0.25) is 14.4 Å². The second kappa shape index (κ2) is 52.4. The standard InChI is InChI=1S/C58H112O6/c1-5-7-9-11-13-15-17-19-20-21-26-30-34-38-42-46-50-57(60)63-53-55(52-62-56(59)49-45-41-37-33-29-24-18-16-14-12-10-8-6-2)64-58(61)51-47-43-39-35-31-27-23-22-25-28-32-36-40-44-48-54(3)4/h54-55H,5-53H2,1-4H3/t55-/m1/s1. The van der Waals surface area contributed by atoms with E-state index in [4.69, 9.17) is 14.2 Å². The first-order chi connectivity index (χ1) is 31.4. The lowest BCUT2D eigenvalue weighted by molar-refractivity contribution is -0.167. The van der Waals surface area contributed by atoms with Crippen LogP contribution in [0, 0.1) is 5.92 Å². The third-order valence-corrected chi connectivity index (χ3v) is 13.3. The van der Waals surface area contributed by atoms with E-state index < -0.39 is 6.10 Å². The Morgan fingerprint density at radius 1 is 0.297 bits per heavy atom. The molecule has 0 rings (SSSR count). The van der Waals surface area contributed by atoms with Crippen LogP contribution in [0.2, 0.25) is 0 Å². The molecular weight excluding hydrogens is 793 g/mol. The Morgan fingerprint density at radius 2 is 0.516 bits per heavy atom. The van der Waals surface area contributed by atoms with Gasteiger partial charge in [-0.25, -0.2) is 0 Å². The summed E-state index contributed by atoms with van der Waals surface area (Å²) in [5.74, 6) is 0.00855. The van der Waals surface area contributed by atoms with Crippen LogP contribution in [0.1, 0.15) is 329 Å². The van der Waals surface area contributed by atoms with Gasteiger partial charge in [0.1, 0.15) is 13.2 Å². The Labute approximate surface area is 399 Å². The molecule has 0 aliphatic heterocycles. The molecule has 6 heteroatoms. The summed E-state index contributed by atoms with van der Waals surface area (Å²) in [6, 6.07) is 0. The van der Waals surface area contributed by atoms with Crippen LogP contribution in [0.25, 0.3) is 0 Å². The van der Waals surface area contributed by atoms with Crippen molar-refractivity contribution < 1.29 is 28.6 Å². The van der Waals surface area contributed by atoms with Crippen molar-refractivity contribution in [3.8, 4) is 0 Å². The number of hydrogen-bond acceptors (Lipinski definition) is 6. The molecule has 0 saturated heterocycles. The first kappa shape index (κ1) is 62.4. The van der Waals surface area contributed by atoms with E-state index in [1.807, 2.05) is 0 Å². The molecule has 0 aromatic carbocycles. The molecule has 0 aromatic rings. The predicted molar refractivity (Wildman–Crippen MR) is 275 cm³/mol. The smallest absolute Gasteiger partial charge is 0.306 e. The van der Waals surface area contributed by atoms with Gasteiger partial charge in [-0.1, -0.05) is 291 Å². The molecule has 0 radical (unpaired) electrons. The van der Waals surface area contributed by atoms with Gasteiger partial charge in [-0.15, -0.1) is 0 Å². The average molecular weight is 906 g/mol. The summed E-state index contributed by atoms with van der Waals surface area (Å²) in [6.07, 6.45) is 56.6. The number of hydrogen-bond donors (Lipinski definition) is 0. The maximum Gasteiger partial charge on any atom is 0.306 e. The molecule has 0 fully saturated rings. The van der Waals surface area contributed by atoms with Gasteiger partial charge in [-0.2, -0.15) is 0 Å². The van der Waals surface area contributed by atoms with E-state index >= 15 is 0 Å². The molecule has 0 saturated carbocycles. The zero-order chi connectivity index (χ0) is 46.7. The van der Waals surface area contributed by atoms with E-state index in [0.717, 1.165) is 63.7 Å². The number of rotatable bonds is 53. The average Bonchev–Trinajstić information content (AvgIpc) is 3.28. The van der Waals surface area contributed by atoms with E-state index in [1.165, 1.54) is 225 Å². The highest BCUT2D eigenvalue weighted by molar-refractivity contribution is 5.71. The van der Waals surface area contributed by atoms with Crippen molar-refractivity contribution in [2.45, 2.75) is 336 Å². The molecule has 1 atom stereocenters. The highest BCUT2D eigenvalue weighted by Crippen LogP contribution is 2.18. The van der Waals surface area contributed by atoms with Crippen LogP contribution < -0.4 is 0 Å². The Bertz CT molecular complexity index is 964. The summed E-state index contributed by atoms with van der Waals surface area (Å²) < 4.78 is 16.9. The summed E-state index contributed by atoms with van der Waals surface area (Å²) in [6.45, 7) is 9.07. The summed E-state index contributed by atoms with van der Waals surface area (Å²) in [5, 5.41) is 0. The van der Waals surface area contributed by atoms with E-state index in [9.17, 15) is 14.4 Å². The van der Waals surface area contributed by atoms with Gasteiger partial charge in [0, 0.05) is 19.3 Å². The molecule has 0 heterocycles. The maximum absolute atomic E-state index is 12.8. The Morgan fingerprint density at radius 3 is 0.766 bits per heavy atom. The van der Waals surface area contributed by atoms with Crippen LogP contribution >= 0.6 is 0 Å². The second-order valence-corrected chi connectivity index (χ2v) is 20.4. The highest BCUT2D eigenvalue weighted by atomic mass is 16.6. The number of unbranched alkanes of at least 4 members (excludes halogenated alkanes) is 40. The normalized spacial score (nSPS) is 12.0. The Balaban J connectivity index is 4.29. The maximum atomic E-state index is 12.8. The van der Waals surface area contributed by atoms with E-state index in [2.05, 4.69) is 27.7 Å². The SMILES string of the molecule is CCCCCCCCCCCCCCCCCCC(=O)OC[C@@H](COC(=O)CCCCCCCCCCCCCCC)OC(=O)CCCCCCCCCCCCCCCCC(C)C. The summed E-state index contributed by atoms with van der Waals surface area (Å²) in [4.78, 5) is 38.1. The quantitative estimate of drug-likeness (QED) is 0.0344. The van der Waals surface area contributed by atoms with Crippen LogP contribution in [0.3, 0.4) is 0 Å². The number of carbonyl (C=O) groups excluding carboxylic acids is 3. The van der Waals surface area contributed by atoms with Crippen molar-refractivity contribution in [1.82, 2.24) is 0 Å². The molecule has 0 aromatic heterocycles. The van der Waals surface area contributed by atoms with Gasteiger partial charge in [-0.05, 0) is 25.2 Å². The molecule has 0 unspecified atom stereocenters. The highest BCUT2D eigenvalue weighted by Gasteiger charge is 2.19. The minimum Gasteiger partial charge on any atom is -0.462 e. The first-order valence-corrected chi connectivity index (χ1v) is 28.9. The molecule has 64 heavy (non-hydrogen) atoms. The second-order valence-electron chi connectivity index (χ2n) is 20.4. The van der Waals surface area contributed by atoms with Gasteiger partial charge >= 0.3 is 17.9 Å². The van der Waals surface area contributed by atoms with Crippen molar-refractivity contribution >= 4 is 17.9 Å². The van der Waals surface area contributed by atoms with Crippen LogP contribution in [0.15, 0.2) is 0 Å². The Kier molecular flexibility index (Phi) is 51.1. The van der Waals surface area contributed by atoms with Crippen molar-refractivity contribution in [3.05, 3.63) is 0 Å². The molecule has 6 nitrogen and oxygen atoms in total. The molecule has 380 valence electrons. The molecule has 0 aliphatic carbocycles. The lowest BCUT2D eigenvalue weighted by atomic mass is 10.0. The van der Waals surface area contributed by atoms with Gasteiger partial charge in [0.25, 0.3) is 0 Å². The number of esters is 3. The molecule has 0 aliphatic rings. The monoisotopic (exact) mass is 905 g/mol. The van der Waals surface area contributed by atoms with Crippen LogP contribution in [0.4, 0.5) is 0 Å². The van der Waals surface area contributed by atoms with Crippen molar-refractivity contribution in [2.75, 3.05) is 13.2 Å². The molecule has 0 bridgehead atoms. The topological polar surface area (TPSA) is 78.9 Å². The van der Waals surface area contributed by atoms with Crippen molar-refractivity contribution in [2.24, 2.45) is 5.92 Å². The fraction of sp³-hybridized carbons (Fsp3) is 0.948. The molecule has 0 N–H and O–H groups in total. The van der Waals surface area contributed by atoms with Crippen LogP contribution in [0.5, 0.6) is 0 Å². The predicted octanol–water partition coefficient (Wildman–Crippen LogP) is 19.0. The Hall–Kier alpha value is -1.59. The van der Waals surface area contributed by atoms with Gasteiger partial charge in [0.2, 0.25) is 0 Å². The summed E-state index contributed by atoms with van der Waals surface area (Å²) >= 11 is 0. The third-order valence-electron chi connectivity index (χ3n) is 13.3. The largest absolute Gasteiger partial charge is 0.462 e. The minimum atomic E-state index is -0.761. The summed E-state index contributed by atoms with van der Waals surface area (Å²) in [5.41, 5.74) is 0. The molecule has 0 amide bonds. The molecular formula is C58H112O6. The van der Waals surface area contributed by atoms with Gasteiger partial charge in [0.05, 0.1) is 0 Å². The lowest BCUT2D eigenvalue weighted by Crippen LogP contribution is -2.30. The zero-order valence-corrected chi connectivity index (χ0v) is 43.8. The van der Waals surface area contributed by atoms with Crippen molar-refractivity contribution in [1.29, 1.82) is 0 Å².